The van der Waals surface area contributed by atoms with Crippen molar-refractivity contribution < 1.29 is 5.11 Å². The molecule has 2 rings (SSSR count). The van der Waals surface area contributed by atoms with E-state index in [2.05, 4.69) is 31.2 Å². The molecule has 1 N–H and O–H groups in total. The standard InChI is InChI=1S/C13H18INO/c1-2-10-8-14(9-12(10)13(15)16)11-6-4-3-5-7-11/h3-7,10,12H,2,8-9H2,1H3,(H2,15,16)/p-1/t10-,12?/m1/s1. The molecule has 16 heavy (non-hydrogen) atoms. The number of benzene rings is 1. The van der Waals surface area contributed by atoms with Crippen molar-refractivity contribution in [3.63, 3.8) is 0 Å². The van der Waals surface area contributed by atoms with Crippen molar-refractivity contribution in [1.29, 1.82) is 5.41 Å². The van der Waals surface area contributed by atoms with Crippen molar-refractivity contribution in [2.24, 2.45) is 11.8 Å². The molecule has 1 heterocycles. The zero-order valence-electron chi connectivity index (χ0n) is 9.45. The van der Waals surface area contributed by atoms with E-state index in [1.54, 1.807) is 0 Å². The molecule has 88 valence electrons. The third kappa shape index (κ3) is 2.39. The van der Waals surface area contributed by atoms with Crippen molar-refractivity contribution in [3.8, 4) is 0 Å². The van der Waals surface area contributed by atoms with Gasteiger partial charge in [-0.3, -0.25) is 0 Å². The number of hydrogen-bond acceptors (Lipinski definition) is 2. The van der Waals surface area contributed by atoms with Gasteiger partial charge in [-0.25, -0.2) is 0 Å². The summed E-state index contributed by atoms with van der Waals surface area (Å²) < 4.78 is 3.73. The fourth-order valence-electron chi connectivity index (χ4n) is 2.19. The van der Waals surface area contributed by atoms with E-state index >= 15 is 0 Å². The third-order valence-corrected chi connectivity index (χ3v) is 9.90. The van der Waals surface area contributed by atoms with Gasteiger partial charge in [0.05, 0.1) is 0 Å². The quantitative estimate of drug-likeness (QED) is 0.393. The zero-order chi connectivity index (χ0) is 11.5. The van der Waals surface area contributed by atoms with Gasteiger partial charge in [0.25, 0.3) is 0 Å². The molecule has 0 spiro atoms. The molecule has 0 aromatic heterocycles. The van der Waals surface area contributed by atoms with Crippen LogP contribution in [0.25, 0.3) is 0 Å². The summed E-state index contributed by atoms with van der Waals surface area (Å²) in [5.74, 6) is 0.188. The molecule has 0 saturated carbocycles. The second-order valence-electron chi connectivity index (χ2n) is 4.20. The van der Waals surface area contributed by atoms with E-state index in [1.807, 2.05) is 6.07 Å². The number of hydrogen-bond donors (Lipinski definition) is 1. The Morgan fingerprint density at radius 3 is 2.56 bits per heavy atom. The van der Waals surface area contributed by atoms with E-state index in [0.29, 0.717) is 5.92 Å². The average molecular weight is 330 g/mol. The summed E-state index contributed by atoms with van der Waals surface area (Å²) in [6, 6.07) is 10.6. The van der Waals surface area contributed by atoms with Crippen LogP contribution in [0.4, 0.5) is 0 Å². The van der Waals surface area contributed by atoms with Gasteiger partial charge < -0.3 is 0 Å². The minimum absolute atomic E-state index is 0.0374. The van der Waals surface area contributed by atoms with E-state index in [0.717, 1.165) is 10.8 Å². The van der Waals surface area contributed by atoms with Crippen LogP contribution in [0.5, 0.6) is 0 Å². The third-order valence-electron chi connectivity index (χ3n) is 3.21. The summed E-state index contributed by atoms with van der Waals surface area (Å²) in [6.45, 7) is 2.14. The van der Waals surface area contributed by atoms with Crippen LogP contribution in [0.2, 0.25) is 0 Å². The Labute approximate surface area is 104 Å². The zero-order valence-corrected chi connectivity index (χ0v) is 11.6. The number of alkyl halides is 2. The van der Waals surface area contributed by atoms with Crippen LogP contribution < -0.4 is 5.11 Å². The Morgan fingerprint density at radius 1 is 1.38 bits per heavy atom. The van der Waals surface area contributed by atoms with E-state index in [-0.39, 0.29) is 11.8 Å². The molecule has 2 atom stereocenters. The van der Waals surface area contributed by atoms with Crippen molar-refractivity contribution in [2.45, 2.75) is 13.3 Å². The number of nitrogens with one attached hydrogen (secondary N) is 1. The molecular weight excluding hydrogens is 313 g/mol. The van der Waals surface area contributed by atoms with Gasteiger partial charge in [-0.05, 0) is 0 Å². The average Bonchev–Trinajstić information content (AvgIpc) is 2.74. The topological polar surface area (TPSA) is 46.9 Å². The molecule has 0 radical (unpaired) electrons. The molecule has 1 aliphatic heterocycles. The van der Waals surface area contributed by atoms with Gasteiger partial charge in [0.1, 0.15) is 0 Å². The van der Waals surface area contributed by atoms with E-state index in [1.165, 1.54) is 8.00 Å². The van der Waals surface area contributed by atoms with E-state index in [4.69, 9.17) is 5.41 Å². The summed E-state index contributed by atoms with van der Waals surface area (Å²) in [6.07, 6.45) is 1.05. The summed E-state index contributed by atoms with van der Waals surface area (Å²) >= 11 is -1.15. The maximum atomic E-state index is 11.3. The van der Waals surface area contributed by atoms with Crippen LogP contribution in [0.1, 0.15) is 13.3 Å². The molecule has 1 aromatic rings. The molecule has 0 amide bonds. The number of rotatable bonds is 3. The summed E-state index contributed by atoms with van der Waals surface area (Å²) in [7, 11) is 0. The van der Waals surface area contributed by atoms with Gasteiger partial charge in [-0.1, -0.05) is 0 Å². The fourth-order valence-corrected chi connectivity index (χ4v) is 9.86. The summed E-state index contributed by atoms with van der Waals surface area (Å²) in [5.41, 5.74) is 0. The molecule has 1 fully saturated rings. The van der Waals surface area contributed by atoms with E-state index < -0.39 is 19.8 Å². The van der Waals surface area contributed by atoms with Gasteiger partial charge in [0.15, 0.2) is 0 Å². The van der Waals surface area contributed by atoms with Crippen molar-refractivity contribution >= 4 is 25.7 Å². The molecule has 1 unspecified atom stereocenters. The van der Waals surface area contributed by atoms with E-state index in [9.17, 15) is 5.11 Å². The molecule has 2 nitrogen and oxygen atoms in total. The summed E-state index contributed by atoms with van der Waals surface area (Å²) in [4.78, 5) is 0. The first kappa shape index (κ1) is 11.9. The molecule has 3 heteroatoms. The molecule has 0 bridgehead atoms. The molecule has 1 aromatic carbocycles. The Kier molecular flexibility index (Phi) is 3.84. The maximum absolute atomic E-state index is 11.3. The van der Waals surface area contributed by atoms with Gasteiger partial charge in [-0.2, -0.15) is 0 Å². The van der Waals surface area contributed by atoms with Crippen molar-refractivity contribution in [3.05, 3.63) is 33.9 Å². The van der Waals surface area contributed by atoms with Gasteiger partial charge >= 0.3 is 104 Å². The first-order valence-corrected chi connectivity index (χ1v) is 9.77. The molecule has 0 aliphatic carbocycles. The van der Waals surface area contributed by atoms with Crippen LogP contribution >= 0.6 is 19.8 Å². The Hall–Kier alpha value is -0.580. The van der Waals surface area contributed by atoms with Crippen molar-refractivity contribution in [2.75, 3.05) is 8.86 Å². The normalized spacial score (nSPS) is 26.9. The Morgan fingerprint density at radius 2 is 2.06 bits per heavy atom. The van der Waals surface area contributed by atoms with Gasteiger partial charge in [0, 0.05) is 0 Å². The predicted molar refractivity (Wildman–Crippen MR) is 73.9 cm³/mol. The van der Waals surface area contributed by atoms with Crippen LogP contribution in [-0.4, -0.2) is 14.8 Å². The fraction of sp³-hybridized carbons (Fsp3) is 0.462. The molecule has 1 saturated heterocycles. The van der Waals surface area contributed by atoms with Gasteiger partial charge in [0.2, 0.25) is 0 Å². The monoisotopic (exact) mass is 330 g/mol. The Bertz CT molecular complexity index is 365. The SMILES string of the molecule is CC[C@@H]1CI(c2ccccc2)CC1C(=N)[O-]. The first-order valence-electron chi connectivity index (χ1n) is 5.64. The number of halogens is 1. The molecule has 1 aliphatic rings. The van der Waals surface area contributed by atoms with Crippen LogP contribution in [0, 0.1) is 20.8 Å². The predicted octanol–water partition coefficient (Wildman–Crippen LogP) is 2.36. The minimum atomic E-state index is -1.15. The summed E-state index contributed by atoms with van der Waals surface area (Å²) in [5, 5.41) is 18.6. The van der Waals surface area contributed by atoms with Crippen molar-refractivity contribution in [1.82, 2.24) is 0 Å². The van der Waals surface area contributed by atoms with Gasteiger partial charge in [-0.15, -0.1) is 0 Å². The second-order valence-corrected chi connectivity index (χ2v) is 9.81. The first-order chi connectivity index (χ1) is 7.72. The second kappa shape index (κ2) is 5.17. The molecular formula is C13H17INO-. The van der Waals surface area contributed by atoms with Crippen LogP contribution in [-0.2, 0) is 0 Å². The van der Waals surface area contributed by atoms with Crippen LogP contribution in [0.3, 0.4) is 0 Å². The van der Waals surface area contributed by atoms with Crippen LogP contribution in [0.15, 0.2) is 30.3 Å². The Balaban J connectivity index is 2.14.